The lowest BCUT2D eigenvalue weighted by Gasteiger charge is -2.13. The number of hydrogen-bond donors (Lipinski definition) is 0. The summed E-state index contributed by atoms with van der Waals surface area (Å²) in [5.41, 5.74) is 1.24. The van der Waals surface area contributed by atoms with Crippen LogP contribution in [0.25, 0.3) is 0 Å². The molecule has 0 aliphatic rings. The molecule has 2 rings (SSSR count). The van der Waals surface area contributed by atoms with Crippen molar-refractivity contribution in [3.8, 4) is 0 Å². The van der Waals surface area contributed by atoms with Gasteiger partial charge >= 0.3 is 0 Å². The highest BCUT2D eigenvalue weighted by atomic mass is 35.5. The second-order valence-corrected chi connectivity index (χ2v) is 3.63. The SMILES string of the molecule is O=C(c1ccccc1)N(Cl)c1ccccc1. The average Bonchev–Trinajstić information content (AvgIpc) is 2.39. The molecule has 0 N–H and O–H groups in total. The molecular formula is C13H10ClNO. The van der Waals surface area contributed by atoms with Crippen molar-refractivity contribution in [3.05, 3.63) is 66.2 Å². The Morgan fingerprint density at radius 1 is 0.875 bits per heavy atom. The maximum absolute atomic E-state index is 11.9. The van der Waals surface area contributed by atoms with Gasteiger partial charge < -0.3 is 0 Å². The van der Waals surface area contributed by atoms with Gasteiger partial charge in [-0.2, -0.15) is 0 Å². The molecule has 0 heterocycles. The van der Waals surface area contributed by atoms with E-state index in [1.807, 2.05) is 36.4 Å². The predicted molar refractivity (Wildman–Crippen MR) is 65.5 cm³/mol. The van der Waals surface area contributed by atoms with Crippen molar-refractivity contribution in [2.24, 2.45) is 0 Å². The van der Waals surface area contributed by atoms with E-state index in [1.54, 1.807) is 24.3 Å². The molecule has 0 aliphatic heterocycles. The van der Waals surface area contributed by atoms with Crippen LogP contribution in [0.4, 0.5) is 5.69 Å². The first-order chi connectivity index (χ1) is 7.79. The lowest BCUT2D eigenvalue weighted by molar-refractivity contribution is 0.101. The third-order valence-corrected chi connectivity index (χ3v) is 2.53. The molecule has 0 aliphatic carbocycles. The molecule has 0 radical (unpaired) electrons. The monoisotopic (exact) mass is 231 g/mol. The molecule has 2 aromatic carbocycles. The Bertz CT molecular complexity index is 470. The van der Waals surface area contributed by atoms with E-state index in [0.29, 0.717) is 11.3 Å². The number of para-hydroxylation sites is 1. The van der Waals surface area contributed by atoms with E-state index < -0.39 is 0 Å². The van der Waals surface area contributed by atoms with Crippen molar-refractivity contribution in [2.45, 2.75) is 0 Å². The number of benzene rings is 2. The summed E-state index contributed by atoms with van der Waals surface area (Å²) in [6, 6.07) is 18.1. The first-order valence-corrected chi connectivity index (χ1v) is 5.23. The second kappa shape index (κ2) is 4.81. The Hall–Kier alpha value is -1.80. The lowest BCUT2D eigenvalue weighted by atomic mass is 10.2. The van der Waals surface area contributed by atoms with Crippen molar-refractivity contribution < 1.29 is 4.79 Å². The van der Waals surface area contributed by atoms with Gasteiger partial charge in [0.25, 0.3) is 5.91 Å². The Labute approximate surface area is 99.2 Å². The van der Waals surface area contributed by atoms with Crippen LogP contribution >= 0.6 is 11.8 Å². The number of hydrogen-bond acceptors (Lipinski definition) is 1. The van der Waals surface area contributed by atoms with Crippen molar-refractivity contribution in [1.29, 1.82) is 0 Å². The maximum atomic E-state index is 11.9. The summed E-state index contributed by atoms with van der Waals surface area (Å²) in [4.78, 5) is 11.9. The largest absolute Gasteiger partial charge is 0.272 e. The van der Waals surface area contributed by atoms with Gasteiger partial charge in [-0.05, 0) is 24.3 Å². The highest BCUT2D eigenvalue weighted by Crippen LogP contribution is 2.18. The Morgan fingerprint density at radius 2 is 1.38 bits per heavy atom. The standard InChI is InChI=1S/C13H10ClNO/c14-15(12-9-5-2-6-10-12)13(16)11-7-3-1-4-8-11/h1-10H. The molecule has 0 fully saturated rings. The normalized spacial score (nSPS) is 9.81. The van der Waals surface area contributed by atoms with Crippen LogP contribution in [0.1, 0.15) is 10.4 Å². The van der Waals surface area contributed by atoms with E-state index in [2.05, 4.69) is 0 Å². The third-order valence-electron chi connectivity index (χ3n) is 2.18. The zero-order chi connectivity index (χ0) is 11.4. The Kier molecular flexibility index (Phi) is 3.22. The third kappa shape index (κ3) is 2.23. The summed E-state index contributed by atoms with van der Waals surface area (Å²) >= 11 is 5.97. The Balaban J connectivity index is 2.24. The summed E-state index contributed by atoms with van der Waals surface area (Å²) in [6.07, 6.45) is 0. The predicted octanol–water partition coefficient (Wildman–Crippen LogP) is 3.49. The van der Waals surface area contributed by atoms with Crippen LogP contribution in [0.5, 0.6) is 0 Å². The minimum Gasteiger partial charge on any atom is -0.267 e. The van der Waals surface area contributed by atoms with Gasteiger partial charge in [-0.3, -0.25) is 4.79 Å². The number of halogens is 1. The van der Waals surface area contributed by atoms with Crippen LogP contribution in [0, 0.1) is 0 Å². The van der Waals surface area contributed by atoms with E-state index in [9.17, 15) is 4.79 Å². The fourth-order valence-electron chi connectivity index (χ4n) is 1.37. The van der Waals surface area contributed by atoms with Gasteiger partial charge in [-0.25, -0.2) is 4.42 Å². The summed E-state index contributed by atoms with van der Waals surface area (Å²) < 4.78 is 1.12. The molecule has 0 unspecified atom stereocenters. The van der Waals surface area contributed by atoms with Crippen molar-refractivity contribution in [1.82, 2.24) is 0 Å². The van der Waals surface area contributed by atoms with Gasteiger partial charge in [-0.15, -0.1) is 0 Å². The van der Waals surface area contributed by atoms with Gasteiger partial charge in [0.15, 0.2) is 0 Å². The molecular weight excluding hydrogens is 222 g/mol. The quantitative estimate of drug-likeness (QED) is 0.725. The van der Waals surface area contributed by atoms with Crippen LogP contribution < -0.4 is 4.42 Å². The fourth-order valence-corrected chi connectivity index (χ4v) is 1.58. The number of nitrogens with zero attached hydrogens (tertiary/aromatic N) is 1. The molecule has 0 spiro atoms. The van der Waals surface area contributed by atoms with Crippen molar-refractivity contribution in [3.63, 3.8) is 0 Å². The fraction of sp³-hybridized carbons (Fsp3) is 0. The maximum Gasteiger partial charge on any atom is 0.272 e. The van der Waals surface area contributed by atoms with Crippen molar-refractivity contribution >= 4 is 23.4 Å². The van der Waals surface area contributed by atoms with E-state index in [1.165, 1.54) is 0 Å². The molecule has 1 amide bonds. The summed E-state index contributed by atoms with van der Waals surface area (Å²) in [5.74, 6) is -0.228. The second-order valence-electron chi connectivity index (χ2n) is 3.29. The number of carbonyl (C=O) groups is 1. The average molecular weight is 232 g/mol. The topological polar surface area (TPSA) is 20.3 Å². The minimum atomic E-state index is -0.228. The van der Waals surface area contributed by atoms with Crippen LogP contribution in [0.2, 0.25) is 0 Å². The first-order valence-electron chi connectivity index (χ1n) is 4.89. The zero-order valence-electron chi connectivity index (χ0n) is 8.51. The van der Waals surface area contributed by atoms with E-state index in [4.69, 9.17) is 11.8 Å². The van der Waals surface area contributed by atoms with Crippen LogP contribution in [-0.4, -0.2) is 5.91 Å². The highest BCUT2D eigenvalue weighted by Gasteiger charge is 2.14. The number of carbonyl (C=O) groups excluding carboxylic acids is 1. The molecule has 0 saturated carbocycles. The molecule has 0 bridgehead atoms. The van der Waals surface area contributed by atoms with E-state index in [0.717, 1.165) is 4.42 Å². The molecule has 0 saturated heterocycles. The number of anilines is 1. The van der Waals surface area contributed by atoms with Gasteiger partial charge in [0.1, 0.15) is 0 Å². The minimum absolute atomic E-state index is 0.228. The van der Waals surface area contributed by atoms with E-state index >= 15 is 0 Å². The summed E-state index contributed by atoms with van der Waals surface area (Å²) in [7, 11) is 0. The molecule has 2 aromatic rings. The van der Waals surface area contributed by atoms with Crippen LogP contribution in [-0.2, 0) is 0 Å². The lowest BCUT2D eigenvalue weighted by Crippen LogP contribution is -2.20. The van der Waals surface area contributed by atoms with Crippen molar-refractivity contribution in [2.75, 3.05) is 4.42 Å². The van der Waals surface area contributed by atoms with Crippen LogP contribution in [0.3, 0.4) is 0 Å². The van der Waals surface area contributed by atoms with Gasteiger partial charge in [0.05, 0.1) is 5.69 Å². The van der Waals surface area contributed by atoms with Crippen LogP contribution in [0.15, 0.2) is 60.7 Å². The zero-order valence-corrected chi connectivity index (χ0v) is 9.26. The molecule has 0 aromatic heterocycles. The van der Waals surface area contributed by atoms with Gasteiger partial charge in [0.2, 0.25) is 0 Å². The van der Waals surface area contributed by atoms with Gasteiger partial charge in [0, 0.05) is 17.3 Å². The summed E-state index contributed by atoms with van der Waals surface area (Å²) in [5, 5.41) is 0. The molecule has 2 nitrogen and oxygen atoms in total. The van der Waals surface area contributed by atoms with E-state index in [-0.39, 0.29) is 5.91 Å². The van der Waals surface area contributed by atoms with Gasteiger partial charge in [-0.1, -0.05) is 36.4 Å². The molecule has 0 atom stereocenters. The molecule has 3 heteroatoms. The smallest absolute Gasteiger partial charge is 0.267 e. The summed E-state index contributed by atoms with van der Waals surface area (Å²) in [6.45, 7) is 0. The first kappa shape index (κ1) is 10.7. The number of amides is 1. The Morgan fingerprint density at radius 3 is 1.94 bits per heavy atom. The number of rotatable bonds is 2. The molecule has 16 heavy (non-hydrogen) atoms. The molecule has 80 valence electrons. The highest BCUT2D eigenvalue weighted by molar-refractivity contribution is 6.39.